The van der Waals surface area contributed by atoms with E-state index in [0.29, 0.717) is 6.67 Å². The first-order valence-corrected chi connectivity index (χ1v) is 29.8. The van der Waals surface area contributed by atoms with Crippen LogP contribution < -0.4 is 14.5 Å². The molecule has 0 bridgehead atoms. The van der Waals surface area contributed by atoms with Crippen molar-refractivity contribution < 1.29 is 9.15 Å². The Morgan fingerprint density at radius 1 is 0.464 bits per heavy atom. The molecule has 0 atom stereocenters. The zero-order valence-corrected chi connectivity index (χ0v) is 51.6. The maximum Gasteiger partial charge on any atom is 0.145 e. The number of ether oxygens (including phenoxy) is 1. The highest BCUT2D eigenvalue weighted by molar-refractivity contribution is 6.24. The number of pyridine rings is 1. The minimum atomic E-state index is -0.161. The molecule has 0 aliphatic carbocycles. The Morgan fingerprint density at radius 3 is 1.67 bits per heavy atom. The van der Waals surface area contributed by atoms with E-state index in [0.717, 1.165) is 83.7 Å². The van der Waals surface area contributed by atoms with Crippen molar-refractivity contribution in [1.82, 2.24) is 9.55 Å². The fourth-order valence-corrected chi connectivity index (χ4v) is 13.8. The summed E-state index contributed by atoms with van der Waals surface area (Å²) in [7, 11) is 0. The molecule has 12 aromatic rings. The van der Waals surface area contributed by atoms with Crippen LogP contribution in [0.4, 0.5) is 22.7 Å². The monoisotopic (exact) mass is 1100 g/mol. The van der Waals surface area contributed by atoms with Gasteiger partial charge in [-0.05, 0) is 186 Å². The largest absolute Gasteiger partial charge is 0.457 e. The Bertz CT molecular complexity index is 4490. The quantitative estimate of drug-likeness (QED) is 0.152. The van der Waals surface area contributed by atoms with E-state index in [4.69, 9.17) is 14.1 Å². The van der Waals surface area contributed by atoms with Gasteiger partial charge in [0.05, 0.1) is 33.5 Å². The van der Waals surface area contributed by atoms with Gasteiger partial charge in [0, 0.05) is 51.3 Å². The maximum absolute atomic E-state index is 7.43. The number of furan rings is 1. The minimum Gasteiger partial charge on any atom is -0.457 e. The number of aromatic nitrogens is 2. The van der Waals surface area contributed by atoms with Crippen LogP contribution in [-0.2, 0) is 16.2 Å². The lowest BCUT2D eigenvalue weighted by atomic mass is 9.74. The molecule has 13 rings (SSSR count). The average molecular weight is 1100 g/mol. The van der Waals surface area contributed by atoms with E-state index in [1.165, 1.54) is 83.6 Å². The number of aryl methyl sites for hydroxylation is 6. The summed E-state index contributed by atoms with van der Waals surface area (Å²) in [5.74, 6) is 2.31. The van der Waals surface area contributed by atoms with Crippen molar-refractivity contribution in [3.05, 3.63) is 226 Å². The number of hydrogen-bond acceptors (Lipinski definition) is 5. The number of fused-ring (bicyclic) bond motifs is 8. The normalized spacial score (nSPS) is 13.1. The van der Waals surface area contributed by atoms with Gasteiger partial charge in [-0.3, -0.25) is 4.57 Å². The lowest BCUT2D eigenvalue weighted by Gasteiger charge is -2.31. The molecule has 3 aromatic heterocycles. The van der Waals surface area contributed by atoms with E-state index in [9.17, 15) is 0 Å². The van der Waals surface area contributed by atoms with Gasteiger partial charge in [0.2, 0.25) is 0 Å². The summed E-state index contributed by atoms with van der Waals surface area (Å²) in [5.41, 5.74) is 26.6. The number of nitrogens with zero attached hydrogens (tertiary/aromatic N) is 4. The molecule has 1 aliphatic rings. The third kappa shape index (κ3) is 9.22. The Morgan fingerprint density at radius 2 is 1.05 bits per heavy atom. The molecule has 0 amide bonds. The molecule has 1 aliphatic heterocycles. The molecule has 6 heteroatoms. The van der Waals surface area contributed by atoms with Gasteiger partial charge < -0.3 is 19.0 Å². The Kier molecular flexibility index (Phi) is 12.9. The Labute approximate surface area is 496 Å². The molecule has 0 radical (unpaired) electrons. The van der Waals surface area contributed by atoms with Crippen LogP contribution in [0.5, 0.6) is 11.5 Å². The number of para-hydroxylation sites is 4. The van der Waals surface area contributed by atoms with Crippen LogP contribution in [0.25, 0.3) is 82.9 Å². The van der Waals surface area contributed by atoms with E-state index < -0.39 is 0 Å². The second kappa shape index (κ2) is 19.9. The Balaban J connectivity index is 1.03. The third-order valence-corrected chi connectivity index (χ3v) is 17.4. The van der Waals surface area contributed by atoms with Crippen molar-refractivity contribution in [1.29, 1.82) is 0 Å². The highest BCUT2D eigenvalue weighted by Gasteiger charge is 2.34. The SMILES string of the molecule is Cc1cc(C)c(-c2cccc(-c3c(C)cc(C)cc3C)c2N2CN(c3cc(Oc4ccc5c6c7oc8ccccc8c7ccc6n(-c6cc(C(C)(C)C)ccn6)c5c4)cc(-c4c(C(C)(C)C)cccc4C(C)(C)C)c3)c3ccccc32)c(C)c1. The summed E-state index contributed by atoms with van der Waals surface area (Å²) in [6.07, 6.45) is 1.94. The van der Waals surface area contributed by atoms with Crippen LogP contribution in [0, 0.1) is 41.5 Å². The van der Waals surface area contributed by atoms with Crippen molar-refractivity contribution in [3.63, 3.8) is 0 Å². The van der Waals surface area contributed by atoms with Crippen LogP contribution >= 0.6 is 0 Å². The summed E-state index contributed by atoms with van der Waals surface area (Å²) in [6.45, 7) is 34.8. The molecule has 0 fully saturated rings. The molecule has 0 saturated heterocycles. The van der Waals surface area contributed by atoms with Crippen LogP contribution in [0.2, 0.25) is 0 Å². The summed E-state index contributed by atoms with van der Waals surface area (Å²) in [4.78, 5) is 10.2. The summed E-state index contributed by atoms with van der Waals surface area (Å²) in [6, 6.07) is 62.7. The third-order valence-electron chi connectivity index (χ3n) is 17.4. The highest BCUT2D eigenvalue weighted by atomic mass is 16.5. The molecule has 420 valence electrons. The van der Waals surface area contributed by atoms with Gasteiger partial charge in [-0.2, -0.15) is 0 Å². The molecular formula is C78H76N4O2. The molecule has 4 heterocycles. The van der Waals surface area contributed by atoms with Crippen LogP contribution in [0.15, 0.2) is 180 Å². The predicted octanol–water partition coefficient (Wildman–Crippen LogP) is 21.9. The lowest BCUT2D eigenvalue weighted by molar-refractivity contribution is 0.483. The molecule has 6 nitrogen and oxygen atoms in total. The number of benzene rings is 9. The minimum absolute atomic E-state index is 0.0885. The number of hydrogen-bond donors (Lipinski definition) is 0. The van der Waals surface area contributed by atoms with Crippen molar-refractivity contribution in [2.75, 3.05) is 16.5 Å². The van der Waals surface area contributed by atoms with E-state index in [1.54, 1.807) is 0 Å². The van der Waals surface area contributed by atoms with Gasteiger partial charge >= 0.3 is 0 Å². The number of rotatable bonds is 8. The first-order valence-electron chi connectivity index (χ1n) is 29.8. The van der Waals surface area contributed by atoms with Gasteiger partial charge in [-0.15, -0.1) is 0 Å². The Hall–Kier alpha value is -8.87. The fraction of sp³-hybridized carbons (Fsp3) is 0.244. The average Bonchev–Trinajstić information content (AvgIpc) is 1.99. The van der Waals surface area contributed by atoms with Gasteiger partial charge in [0.15, 0.2) is 0 Å². The van der Waals surface area contributed by atoms with E-state index in [-0.39, 0.29) is 16.2 Å². The van der Waals surface area contributed by atoms with Gasteiger partial charge in [-0.1, -0.05) is 164 Å². The van der Waals surface area contributed by atoms with E-state index >= 15 is 0 Å². The zero-order chi connectivity index (χ0) is 58.9. The smallest absolute Gasteiger partial charge is 0.145 e. The standard InChI is InChI=1S/C78H76N4O2/c1-46-36-48(3)70(49(4)37-46)60-23-20-24-61(71-50(5)38-47(2)39-51(71)6)74(60)81-45-80(64-27-17-18-28-65(64)81)54-40-52(72-62(77(10,11)12)25-21-26-63(72)78(13,14)15)41-56(43-54)83-55-30-31-59-67(44-55)82(69-42-53(34-35-79-69)76(7,8)9)66-33-32-58-57-22-16-19-29-68(57)84-75(58)73(59)66/h16-44H,45H2,1-15H3. The molecule has 0 N–H and O–H groups in total. The summed E-state index contributed by atoms with van der Waals surface area (Å²) < 4.78 is 16.5. The van der Waals surface area contributed by atoms with Crippen LogP contribution in [-0.4, -0.2) is 16.2 Å². The molecule has 84 heavy (non-hydrogen) atoms. The van der Waals surface area contributed by atoms with Gasteiger partial charge in [0.25, 0.3) is 0 Å². The highest BCUT2D eigenvalue weighted by Crippen LogP contribution is 2.54. The fourth-order valence-electron chi connectivity index (χ4n) is 13.8. The molecule has 0 unspecified atom stereocenters. The topological polar surface area (TPSA) is 46.7 Å². The second-order valence-electron chi connectivity index (χ2n) is 26.9. The molecular weight excluding hydrogens is 1020 g/mol. The molecule has 0 spiro atoms. The van der Waals surface area contributed by atoms with Gasteiger partial charge in [0.1, 0.15) is 35.2 Å². The molecule has 9 aromatic carbocycles. The van der Waals surface area contributed by atoms with Crippen LogP contribution in [0.1, 0.15) is 112 Å². The summed E-state index contributed by atoms with van der Waals surface area (Å²) >= 11 is 0. The summed E-state index contributed by atoms with van der Waals surface area (Å²) in [5, 5.41) is 4.30. The zero-order valence-electron chi connectivity index (χ0n) is 51.6. The van der Waals surface area contributed by atoms with Crippen molar-refractivity contribution >= 4 is 66.5 Å². The van der Waals surface area contributed by atoms with Crippen molar-refractivity contribution in [3.8, 4) is 50.7 Å². The second-order valence-corrected chi connectivity index (χ2v) is 26.9. The van der Waals surface area contributed by atoms with Crippen molar-refractivity contribution in [2.45, 2.75) is 120 Å². The van der Waals surface area contributed by atoms with Gasteiger partial charge in [-0.25, -0.2) is 4.98 Å². The lowest BCUT2D eigenvalue weighted by Crippen LogP contribution is -2.25. The maximum atomic E-state index is 7.43. The van der Waals surface area contributed by atoms with Crippen LogP contribution in [0.3, 0.4) is 0 Å². The van der Waals surface area contributed by atoms with E-state index in [1.807, 2.05) is 12.3 Å². The molecule has 0 saturated carbocycles. The first-order chi connectivity index (χ1) is 40.0. The van der Waals surface area contributed by atoms with E-state index in [2.05, 4.69) is 282 Å². The van der Waals surface area contributed by atoms with Crippen molar-refractivity contribution in [2.24, 2.45) is 0 Å². The predicted molar refractivity (Wildman–Crippen MR) is 355 cm³/mol. The first kappa shape index (κ1) is 54.4. The number of anilines is 4.